The van der Waals surface area contributed by atoms with Gasteiger partial charge in [-0.1, -0.05) is 24.3 Å². The van der Waals surface area contributed by atoms with Gasteiger partial charge in [-0.3, -0.25) is 4.72 Å². The minimum absolute atomic E-state index is 0.223. The molecule has 0 radical (unpaired) electrons. The van der Waals surface area contributed by atoms with Gasteiger partial charge in [0, 0.05) is 5.56 Å². The number of aliphatic hydroxyl groups excluding tert-OH is 1. The average molecular weight is 305 g/mol. The third kappa shape index (κ3) is 3.62. The molecular formula is C16H19NO3S. The van der Waals surface area contributed by atoms with E-state index in [1.807, 2.05) is 19.9 Å². The normalized spacial score (nSPS) is 13.0. The molecule has 4 nitrogen and oxygen atoms in total. The van der Waals surface area contributed by atoms with E-state index in [-0.39, 0.29) is 4.90 Å². The van der Waals surface area contributed by atoms with Crippen LogP contribution in [-0.4, -0.2) is 13.5 Å². The molecule has 112 valence electrons. The lowest BCUT2D eigenvalue weighted by molar-refractivity contribution is 0.200. The molecule has 0 aliphatic rings. The maximum Gasteiger partial charge on any atom is 0.261 e. The molecule has 0 aliphatic carbocycles. The second-order valence-corrected chi connectivity index (χ2v) is 6.87. The molecule has 1 atom stereocenters. The average Bonchev–Trinajstić information content (AvgIpc) is 2.37. The fourth-order valence-electron chi connectivity index (χ4n) is 2.25. The smallest absolute Gasteiger partial charge is 0.261 e. The molecule has 0 heterocycles. The molecule has 0 aromatic heterocycles. The molecule has 2 rings (SSSR count). The van der Waals surface area contributed by atoms with Crippen molar-refractivity contribution in [2.24, 2.45) is 0 Å². The summed E-state index contributed by atoms with van der Waals surface area (Å²) in [6.45, 7) is 5.31. The fraction of sp³-hybridized carbons (Fsp3) is 0.250. The molecule has 0 spiro atoms. The van der Waals surface area contributed by atoms with Gasteiger partial charge in [-0.2, -0.15) is 0 Å². The van der Waals surface area contributed by atoms with Crippen molar-refractivity contribution in [3.63, 3.8) is 0 Å². The predicted molar refractivity (Wildman–Crippen MR) is 83.8 cm³/mol. The zero-order valence-electron chi connectivity index (χ0n) is 12.3. The number of hydrogen-bond donors (Lipinski definition) is 2. The van der Waals surface area contributed by atoms with Gasteiger partial charge in [-0.05, 0) is 50.1 Å². The van der Waals surface area contributed by atoms with Crippen molar-refractivity contribution < 1.29 is 13.5 Å². The number of anilines is 1. The first kappa shape index (κ1) is 15.5. The van der Waals surface area contributed by atoms with Crippen LogP contribution in [0.15, 0.2) is 47.4 Å². The maximum absolute atomic E-state index is 12.5. The van der Waals surface area contributed by atoms with Crippen molar-refractivity contribution in [2.75, 3.05) is 4.72 Å². The predicted octanol–water partition coefficient (Wildman–Crippen LogP) is 3.16. The van der Waals surface area contributed by atoms with E-state index in [1.54, 1.807) is 43.3 Å². The monoisotopic (exact) mass is 305 g/mol. The van der Waals surface area contributed by atoms with E-state index >= 15 is 0 Å². The van der Waals surface area contributed by atoms with Crippen LogP contribution in [0.4, 0.5) is 5.69 Å². The van der Waals surface area contributed by atoms with Gasteiger partial charge in [0.2, 0.25) is 0 Å². The van der Waals surface area contributed by atoms with Gasteiger partial charge in [0.1, 0.15) is 0 Å². The summed E-state index contributed by atoms with van der Waals surface area (Å²) in [5.41, 5.74) is 2.72. The van der Waals surface area contributed by atoms with E-state index in [0.29, 0.717) is 11.3 Å². The van der Waals surface area contributed by atoms with Gasteiger partial charge in [0.25, 0.3) is 10.0 Å². The van der Waals surface area contributed by atoms with Gasteiger partial charge in [-0.15, -0.1) is 0 Å². The van der Waals surface area contributed by atoms with Crippen LogP contribution in [0.25, 0.3) is 0 Å². The second kappa shape index (κ2) is 5.87. The third-order valence-corrected chi connectivity index (χ3v) is 4.51. The molecule has 2 aromatic rings. The Morgan fingerprint density at radius 1 is 1.05 bits per heavy atom. The Morgan fingerprint density at radius 2 is 1.62 bits per heavy atom. The number of benzene rings is 2. The van der Waals surface area contributed by atoms with Crippen molar-refractivity contribution in [3.05, 3.63) is 59.2 Å². The van der Waals surface area contributed by atoms with Crippen LogP contribution in [0, 0.1) is 13.8 Å². The Balaban J connectivity index is 2.42. The molecule has 5 heteroatoms. The topological polar surface area (TPSA) is 66.4 Å². The van der Waals surface area contributed by atoms with Crippen LogP contribution in [-0.2, 0) is 10.0 Å². The van der Waals surface area contributed by atoms with Crippen LogP contribution >= 0.6 is 0 Å². The largest absolute Gasteiger partial charge is 0.389 e. The standard InChI is InChI=1S/C16H19NO3S/c1-11-8-12(2)10-14(9-11)21(19,20)17-16-7-5-4-6-15(16)13(3)18/h4-10,13,17-18H,1-3H3. The summed E-state index contributed by atoms with van der Waals surface area (Å²) in [5.74, 6) is 0. The van der Waals surface area contributed by atoms with E-state index in [1.165, 1.54) is 0 Å². The van der Waals surface area contributed by atoms with Gasteiger partial charge in [0.05, 0.1) is 16.7 Å². The molecular weight excluding hydrogens is 286 g/mol. The first-order chi connectivity index (χ1) is 9.79. The Morgan fingerprint density at radius 3 is 2.19 bits per heavy atom. The minimum Gasteiger partial charge on any atom is -0.389 e. The molecule has 0 saturated carbocycles. The Labute approximate surface area is 125 Å². The Kier molecular flexibility index (Phi) is 4.34. The van der Waals surface area contributed by atoms with E-state index in [4.69, 9.17) is 0 Å². The molecule has 0 fully saturated rings. The number of aliphatic hydroxyl groups is 1. The molecule has 2 aromatic carbocycles. The third-order valence-electron chi connectivity index (χ3n) is 3.16. The SMILES string of the molecule is Cc1cc(C)cc(S(=O)(=O)Nc2ccccc2C(C)O)c1. The highest BCUT2D eigenvalue weighted by Gasteiger charge is 2.17. The van der Waals surface area contributed by atoms with E-state index in [9.17, 15) is 13.5 Å². The number of rotatable bonds is 4. The summed E-state index contributed by atoms with van der Waals surface area (Å²) >= 11 is 0. The van der Waals surface area contributed by atoms with Crippen molar-refractivity contribution >= 4 is 15.7 Å². The van der Waals surface area contributed by atoms with Gasteiger partial charge >= 0.3 is 0 Å². The highest BCUT2D eigenvalue weighted by molar-refractivity contribution is 7.92. The number of aryl methyl sites for hydroxylation is 2. The molecule has 2 N–H and O–H groups in total. The van der Waals surface area contributed by atoms with Crippen molar-refractivity contribution in [1.29, 1.82) is 0 Å². The molecule has 0 saturated heterocycles. The van der Waals surface area contributed by atoms with Gasteiger partial charge in [0.15, 0.2) is 0 Å². The van der Waals surface area contributed by atoms with Crippen LogP contribution in [0.2, 0.25) is 0 Å². The quantitative estimate of drug-likeness (QED) is 0.912. The molecule has 0 amide bonds. The minimum atomic E-state index is -3.68. The summed E-state index contributed by atoms with van der Waals surface area (Å²) in [6.07, 6.45) is -0.747. The number of sulfonamides is 1. The lowest BCUT2D eigenvalue weighted by Gasteiger charge is -2.14. The highest BCUT2D eigenvalue weighted by Crippen LogP contribution is 2.25. The van der Waals surface area contributed by atoms with E-state index in [0.717, 1.165) is 11.1 Å². The van der Waals surface area contributed by atoms with E-state index in [2.05, 4.69) is 4.72 Å². The number of nitrogens with one attached hydrogen (secondary N) is 1. The summed E-state index contributed by atoms with van der Waals surface area (Å²) in [4.78, 5) is 0.223. The number of para-hydroxylation sites is 1. The lowest BCUT2D eigenvalue weighted by atomic mass is 10.1. The van der Waals surface area contributed by atoms with Gasteiger partial charge < -0.3 is 5.11 Å². The summed E-state index contributed by atoms with van der Waals surface area (Å²) < 4.78 is 27.5. The summed E-state index contributed by atoms with van der Waals surface area (Å²) in [5, 5.41) is 9.73. The highest BCUT2D eigenvalue weighted by atomic mass is 32.2. The second-order valence-electron chi connectivity index (χ2n) is 5.19. The zero-order chi connectivity index (χ0) is 15.6. The van der Waals surface area contributed by atoms with Crippen LogP contribution in [0.5, 0.6) is 0 Å². The molecule has 0 bridgehead atoms. The fourth-order valence-corrected chi connectivity index (χ4v) is 3.52. The maximum atomic E-state index is 12.5. The summed E-state index contributed by atoms with van der Waals surface area (Å²) in [7, 11) is -3.68. The molecule has 1 unspecified atom stereocenters. The molecule has 21 heavy (non-hydrogen) atoms. The van der Waals surface area contributed by atoms with E-state index < -0.39 is 16.1 Å². The van der Waals surface area contributed by atoms with Crippen molar-refractivity contribution in [2.45, 2.75) is 31.8 Å². The van der Waals surface area contributed by atoms with Gasteiger partial charge in [-0.25, -0.2) is 8.42 Å². The zero-order valence-corrected chi connectivity index (χ0v) is 13.1. The van der Waals surface area contributed by atoms with Crippen LogP contribution in [0.3, 0.4) is 0 Å². The van der Waals surface area contributed by atoms with Crippen molar-refractivity contribution in [1.82, 2.24) is 0 Å². The molecule has 0 aliphatic heterocycles. The lowest BCUT2D eigenvalue weighted by Crippen LogP contribution is -2.15. The van der Waals surface area contributed by atoms with Crippen LogP contribution < -0.4 is 4.72 Å². The van der Waals surface area contributed by atoms with Crippen molar-refractivity contribution in [3.8, 4) is 0 Å². The first-order valence-corrected chi connectivity index (χ1v) is 8.16. The first-order valence-electron chi connectivity index (χ1n) is 6.68. The number of hydrogen-bond acceptors (Lipinski definition) is 3. The Hall–Kier alpha value is -1.85. The summed E-state index contributed by atoms with van der Waals surface area (Å²) in [6, 6.07) is 12.0. The Bertz CT molecular complexity index is 732. The van der Waals surface area contributed by atoms with Crippen LogP contribution in [0.1, 0.15) is 29.7 Å².